The van der Waals surface area contributed by atoms with Crippen LogP contribution in [0.2, 0.25) is 0 Å². The molecular weight excluding hydrogens is 1430 g/mol. The minimum absolute atomic E-state index is 0.00602. The topological polar surface area (TPSA) is 706 Å². The van der Waals surface area contributed by atoms with Crippen LogP contribution in [0.1, 0.15) is 24.9 Å². The molecule has 9 unspecified atom stereocenters. The first kappa shape index (κ1) is 68.4. The van der Waals surface area contributed by atoms with E-state index < -0.39 is 187 Å². The first-order chi connectivity index (χ1) is 46.1. The molecule has 0 aromatic carbocycles. The van der Waals surface area contributed by atoms with Crippen molar-refractivity contribution in [2.75, 3.05) is 62.6 Å². The first-order valence-corrected chi connectivity index (χ1v) is 35.6. The summed E-state index contributed by atoms with van der Waals surface area (Å²) in [5, 5.41) is 43.8. The fourth-order valence-corrected chi connectivity index (χ4v) is 17.6. The summed E-state index contributed by atoms with van der Waals surface area (Å²) in [6.45, 7) is -6.10. The van der Waals surface area contributed by atoms with Crippen molar-refractivity contribution in [1.29, 1.82) is 0 Å². The number of hydrogen-bond donors (Lipinski definition) is 15. The van der Waals surface area contributed by atoms with Crippen LogP contribution >= 0.6 is 39.1 Å². The summed E-state index contributed by atoms with van der Waals surface area (Å²) in [6.07, 6.45) is -16.9. The largest absolute Gasteiger partial charge is 0.490 e. The standard InChI is InChI=1S/C43H53N20O30P5/c1-59-13-63(33-19(59)35(69)58-41(47)56-33)37-23(67)21(65)15(87-37)3-83-96(74,75)92-98(78,79)93-97(76,77)85-7-43-5-81-25(39(89-43)61-11-53-17-29(45)49-9-51-31(17)61)27(43)91-95(72,73)84-6-42-4-80-24(38(88-42)60-10-52-16-28(44)48-8-50-30(16)60)26(42)90-94(70,71)82-2-14-20(64)22(66)36(86-14)62-12-54-18-32(62)55-40(46)57-34(18)68/h8-15,20-27,36-39,64-67H,2-7H2,1H3,(H14-,44,45,46,47,48,49,50,51,55,56,57,58,68,69,70,71,72,73,74,75,76,77,78,79)/p+1/t14-,15-,20?,21?,22+,23+,24+,25+,26?,27?,36-,37-,38-,39-,42-,43-/m1/s1. The Balaban J connectivity index is 0.674. The Hall–Kier alpha value is -6.77. The number of H-pyrrole nitrogens is 2. The zero-order chi connectivity index (χ0) is 69.7. The average Bonchev–Trinajstić information content (AvgIpc) is 1.57. The highest BCUT2D eigenvalue weighted by Gasteiger charge is 2.68. The van der Waals surface area contributed by atoms with E-state index in [0.29, 0.717) is 0 Å². The smallest absolute Gasteiger partial charge is 0.387 e. The summed E-state index contributed by atoms with van der Waals surface area (Å²) >= 11 is 0. The SMILES string of the molecule is C[n+]1cn([C@@H]2O[C@H](COP(=O)(O)OP(=O)(O)OP(=O)(O)OC[C@]34CO[C@@H](C3OP(=O)(O)OC[C@]35CO[C@@H](C3OP(=O)(O)OC[C@H]3O[C@@H](n6cnc7c(=O)[nH]c(N)nc76)[C@@H](O)C3O)[C@H](n3cnc6c(N)ncnc63)O5)[C@H](n3cnc5c(N)ncnc53)O4)C(O)[C@@H]2O)c2nc(N)[nH]c(=O)c21. The minimum atomic E-state index is -6.31. The Morgan fingerprint density at radius 1 is 0.541 bits per heavy atom. The number of fused-ring (bicyclic) bond motifs is 8. The van der Waals surface area contributed by atoms with Gasteiger partial charge in [0.15, 0.2) is 52.8 Å². The summed E-state index contributed by atoms with van der Waals surface area (Å²) in [4.78, 5) is 121. The van der Waals surface area contributed by atoms with Crippen LogP contribution in [-0.2, 0) is 94.1 Å². The number of aromatic amines is 2. The minimum Gasteiger partial charge on any atom is -0.387 e. The maximum Gasteiger partial charge on any atom is 0.490 e. The lowest BCUT2D eigenvalue weighted by molar-refractivity contribution is -0.646. The number of nitrogens with one attached hydrogen (secondary N) is 2. The number of hydrogen-bond acceptors (Lipinski definition) is 38. The Morgan fingerprint density at radius 3 is 1.49 bits per heavy atom. The quantitative estimate of drug-likeness (QED) is 0.0198. The Morgan fingerprint density at radius 2 is 0.969 bits per heavy atom. The van der Waals surface area contributed by atoms with Gasteiger partial charge in [0.05, 0.1) is 65.7 Å². The lowest BCUT2D eigenvalue weighted by Gasteiger charge is -2.33. The molecule has 530 valence electrons. The van der Waals surface area contributed by atoms with Crippen LogP contribution in [0, 0.1) is 0 Å². The fraction of sp³-hybridized carbons (Fsp3) is 0.535. The van der Waals surface area contributed by atoms with Crippen LogP contribution in [0.5, 0.6) is 0 Å². The van der Waals surface area contributed by atoms with E-state index in [0.717, 1.165) is 34.4 Å². The van der Waals surface area contributed by atoms with Gasteiger partial charge in [0, 0.05) is 0 Å². The second-order valence-electron chi connectivity index (χ2n) is 22.7. The molecule has 6 saturated heterocycles. The predicted molar refractivity (Wildman–Crippen MR) is 310 cm³/mol. The molecule has 4 bridgehead atoms. The van der Waals surface area contributed by atoms with Crippen molar-refractivity contribution in [3.05, 3.63) is 58.7 Å². The number of aliphatic hydroxyl groups is 4. The highest BCUT2D eigenvalue weighted by atomic mass is 31.3. The molecule has 6 aliphatic heterocycles. The van der Waals surface area contributed by atoms with Crippen LogP contribution in [0.3, 0.4) is 0 Å². The molecule has 0 spiro atoms. The van der Waals surface area contributed by atoms with Crippen LogP contribution in [0.25, 0.3) is 44.7 Å². The van der Waals surface area contributed by atoms with Crippen molar-refractivity contribution < 1.29 is 136 Å². The molecule has 0 radical (unpaired) electrons. The van der Waals surface area contributed by atoms with Gasteiger partial charge in [-0.2, -0.15) is 23.2 Å². The zero-order valence-electron chi connectivity index (χ0n) is 49.2. The van der Waals surface area contributed by atoms with E-state index in [4.69, 9.17) is 78.5 Å². The second-order valence-corrected chi connectivity index (χ2v) is 30.1. The number of phosphoric acid groups is 5. The molecule has 55 heteroatoms. The Kier molecular flexibility index (Phi) is 17.1. The number of aromatic nitrogens is 16. The van der Waals surface area contributed by atoms with Gasteiger partial charge in [0.1, 0.15) is 95.9 Å². The first-order valence-electron chi connectivity index (χ1n) is 28.1. The number of nitrogens with two attached hydrogens (primary N) is 4. The number of aryl methyl sites for hydroxylation is 1. The monoisotopic (exact) mass is 1490 g/mol. The number of phosphoric ester groups is 4. The molecular formula is C43H54N20O30P5+. The molecule has 14 rings (SSSR count). The number of ether oxygens (including phenoxy) is 6. The van der Waals surface area contributed by atoms with Gasteiger partial charge in [-0.15, -0.1) is 0 Å². The van der Waals surface area contributed by atoms with Crippen LogP contribution < -0.4 is 38.6 Å². The van der Waals surface area contributed by atoms with Gasteiger partial charge in [-0.25, -0.2) is 62.3 Å². The van der Waals surface area contributed by atoms with Crippen LogP contribution in [-0.4, -0.2) is 230 Å². The maximum atomic E-state index is 14.6. The summed E-state index contributed by atoms with van der Waals surface area (Å²) in [5.41, 5.74) is 16.9. The summed E-state index contributed by atoms with van der Waals surface area (Å²) in [5.74, 6) is -0.862. The maximum absolute atomic E-state index is 14.6. The number of nitrogen functional groups attached to an aromatic ring is 4. The van der Waals surface area contributed by atoms with E-state index in [1.165, 1.54) is 33.4 Å². The number of rotatable bonds is 24. The van der Waals surface area contributed by atoms with Gasteiger partial charge in [0.2, 0.25) is 24.5 Å². The molecule has 8 aromatic rings. The predicted octanol–water partition coefficient (Wildman–Crippen LogP) is -5.37. The van der Waals surface area contributed by atoms with Gasteiger partial charge in [-0.3, -0.25) is 60.4 Å². The van der Waals surface area contributed by atoms with Crippen molar-refractivity contribution >= 4 is 107 Å². The third-order valence-corrected chi connectivity index (χ3v) is 22.5. The molecule has 98 heavy (non-hydrogen) atoms. The molecule has 8 aromatic heterocycles. The van der Waals surface area contributed by atoms with Crippen molar-refractivity contribution in [3.8, 4) is 0 Å². The van der Waals surface area contributed by atoms with E-state index in [1.54, 1.807) is 0 Å². The highest BCUT2D eigenvalue weighted by molar-refractivity contribution is 7.66. The summed E-state index contributed by atoms with van der Waals surface area (Å²) in [6, 6.07) is 0. The van der Waals surface area contributed by atoms with Gasteiger partial charge >= 0.3 is 44.7 Å². The van der Waals surface area contributed by atoms with Crippen LogP contribution in [0.15, 0.2) is 47.6 Å². The average molecular weight is 1490 g/mol. The molecule has 21 atom stereocenters. The fourth-order valence-electron chi connectivity index (χ4n) is 12.0. The van der Waals surface area contributed by atoms with Gasteiger partial charge in [-0.05, 0) is 0 Å². The molecule has 6 aliphatic rings. The second kappa shape index (κ2) is 24.5. The van der Waals surface area contributed by atoms with E-state index in [9.17, 15) is 77.3 Å². The van der Waals surface area contributed by atoms with E-state index in [2.05, 4.69) is 63.4 Å². The third kappa shape index (κ3) is 12.2. The van der Waals surface area contributed by atoms with Crippen molar-refractivity contribution in [1.82, 2.24) is 73.1 Å². The van der Waals surface area contributed by atoms with E-state index in [1.807, 2.05) is 0 Å². The van der Waals surface area contributed by atoms with E-state index in [-0.39, 0.29) is 68.2 Å². The normalized spacial score (nSPS) is 33.1. The van der Waals surface area contributed by atoms with Crippen LogP contribution in [0.4, 0.5) is 23.5 Å². The van der Waals surface area contributed by atoms with E-state index >= 15 is 0 Å². The zero-order valence-corrected chi connectivity index (χ0v) is 53.7. The van der Waals surface area contributed by atoms with Gasteiger partial charge in [0.25, 0.3) is 16.7 Å². The number of imidazole rings is 4. The highest BCUT2D eigenvalue weighted by Crippen LogP contribution is 2.69. The number of aliphatic hydroxyl groups excluding tert-OH is 4. The molecule has 19 N–H and O–H groups in total. The molecule has 0 amide bonds. The molecule has 0 saturated carbocycles. The number of anilines is 4. The number of nitrogens with zero attached hydrogens (tertiary/aromatic N) is 14. The third-order valence-electron chi connectivity index (χ3n) is 16.4. The summed E-state index contributed by atoms with van der Waals surface area (Å²) in [7, 11) is -28.1. The molecule has 50 nitrogen and oxygen atoms in total. The molecule has 0 aliphatic carbocycles. The Bertz CT molecular complexity index is 4870. The van der Waals surface area contributed by atoms with Gasteiger partial charge in [-0.1, -0.05) is 0 Å². The lowest BCUT2D eigenvalue weighted by Crippen LogP contribution is -2.47. The van der Waals surface area contributed by atoms with Crippen molar-refractivity contribution in [2.45, 2.75) is 97.2 Å². The lowest BCUT2D eigenvalue weighted by atomic mass is 10.0. The Labute approximate surface area is 540 Å². The summed E-state index contributed by atoms with van der Waals surface area (Å²) < 4.78 is 151. The molecule has 14 heterocycles. The molecule has 6 fully saturated rings. The van der Waals surface area contributed by atoms with Gasteiger partial charge < -0.3 is 96.2 Å². The van der Waals surface area contributed by atoms with Crippen molar-refractivity contribution in [3.63, 3.8) is 0 Å². The van der Waals surface area contributed by atoms with Crippen molar-refractivity contribution in [2.24, 2.45) is 7.05 Å².